The highest BCUT2D eigenvalue weighted by Gasteiger charge is 2.14. The molecular formula is C10H7N3O2. The van der Waals surface area contributed by atoms with Gasteiger partial charge in [0.25, 0.3) is 5.69 Å². The summed E-state index contributed by atoms with van der Waals surface area (Å²) in [6.07, 6.45) is 0.0850. The summed E-state index contributed by atoms with van der Waals surface area (Å²) in [5.74, 6) is 0. The van der Waals surface area contributed by atoms with Crippen LogP contribution >= 0.6 is 0 Å². The molecule has 0 saturated carbocycles. The van der Waals surface area contributed by atoms with E-state index in [9.17, 15) is 10.1 Å². The maximum absolute atomic E-state index is 10.6. The van der Waals surface area contributed by atoms with E-state index in [0.717, 1.165) is 0 Å². The van der Waals surface area contributed by atoms with E-state index in [1.54, 1.807) is 6.92 Å². The topological polar surface area (TPSA) is 90.7 Å². The molecule has 1 aromatic carbocycles. The van der Waals surface area contributed by atoms with Crippen LogP contribution in [0.5, 0.6) is 0 Å². The van der Waals surface area contributed by atoms with E-state index in [4.69, 9.17) is 10.5 Å². The lowest BCUT2D eigenvalue weighted by Gasteiger charge is -2.02. The molecule has 1 aromatic rings. The lowest BCUT2D eigenvalue weighted by Crippen LogP contribution is -1.96. The Morgan fingerprint density at radius 1 is 1.47 bits per heavy atom. The standard InChI is InChI=1S/C10H7N3O2/c1-7-4-8(2-3-11)9(6-12)5-10(7)13(14)15/h4-5H,2H2,1H3. The van der Waals surface area contributed by atoms with Gasteiger partial charge in [-0.3, -0.25) is 10.1 Å². The first kappa shape index (κ1) is 10.7. The third kappa shape index (κ3) is 2.09. The van der Waals surface area contributed by atoms with Gasteiger partial charge in [-0.2, -0.15) is 10.5 Å². The zero-order chi connectivity index (χ0) is 11.4. The Morgan fingerprint density at radius 3 is 2.60 bits per heavy atom. The second kappa shape index (κ2) is 4.21. The Kier molecular flexibility index (Phi) is 3.00. The Bertz CT molecular complexity index is 495. The molecule has 0 atom stereocenters. The SMILES string of the molecule is Cc1cc(CC#N)c(C#N)cc1[N+](=O)[O-]. The first-order valence-electron chi connectivity index (χ1n) is 4.15. The molecule has 74 valence electrons. The fraction of sp³-hybridized carbons (Fsp3) is 0.200. The third-order valence-electron chi connectivity index (χ3n) is 2.01. The molecule has 5 nitrogen and oxygen atoms in total. The molecule has 0 heterocycles. The Labute approximate surface area is 86.3 Å². The van der Waals surface area contributed by atoms with Crippen LogP contribution in [-0.4, -0.2) is 4.92 Å². The fourth-order valence-electron chi connectivity index (χ4n) is 1.29. The molecule has 0 spiro atoms. The molecule has 15 heavy (non-hydrogen) atoms. The predicted octanol–water partition coefficient (Wildman–Crippen LogP) is 1.84. The minimum atomic E-state index is -0.535. The van der Waals surface area contributed by atoms with Gasteiger partial charge < -0.3 is 0 Å². The van der Waals surface area contributed by atoms with Gasteiger partial charge in [-0.15, -0.1) is 0 Å². The lowest BCUT2D eigenvalue weighted by atomic mass is 10.0. The van der Waals surface area contributed by atoms with E-state index in [-0.39, 0.29) is 17.7 Å². The average Bonchev–Trinajstić information content (AvgIpc) is 2.18. The Balaban J connectivity index is 3.38. The van der Waals surface area contributed by atoms with E-state index in [0.29, 0.717) is 11.1 Å². The summed E-state index contributed by atoms with van der Waals surface area (Å²) in [5, 5.41) is 27.9. The summed E-state index contributed by atoms with van der Waals surface area (Å²) >= 11 is 0. The number of rotatable bonds is 2. The molecule has 0 bridgehead atoms. The van der Waals surface area contributed by atoms with Crippen LogP contribution in [0.4, 0.5) is 5.69 Å². The molecule has 0 unspecified atom stereocenters. The maximum Gasteiger partial charge on any atom is 0.273 e. The van der Waals surface area contributed by atoms with Gasteiger partial charge >= 0.3 is 0 Å². The first-order chi connectivity index (χ1) is 7.10. The van der Waals surface area contributed by atoms with E-state index >= 15 is 0 Å². The van der Waals surface area contributed by atoms with E-state index in [1.807, 2.05) is 12.1 Å². The monoisotopic (exact) mass is 201 g/mol. The van der Waals surface area contributed by atoms with Gasteiger partial charge in [0.1, 0.15) is 0 Å². The van der Waals surface area contributed by atoms with E-state index < -0.39 is 4.92 Å². The van der Waals surface area contributed by atoms with Crippen LogP contribution in [0.3, 0.4) is 0 Å². The zero-order valence-electron chi connectivity index (χ0n) is 8.02. The van der Waals surface area contributed by atoms with Crippen molar-refractivity contribution in [3.63, 3.8) is 0 Å². The van der Waals surface area contributed by atoms with Crippen LogP contribution in [0.25, 0.3) is 0 Å². The maximum atomic E-state index is 10.6. The second-order valence-corrected chi connectivity index (χ2v) is 3.00. The minimum absolute atomic E-state index is 0.0850. The number of hydrogen-bond acceptors (Lipinski definition) is 4. The summed E-state index contributed by atoms with van der Waals surface area (Å²) in [6.45, 7) is 1.58. The number of aryl methyl sites for hydroxylation is 1. The first-order valence-corrected chi connectivity index (χ1v) is 4.15. The van der Waals surface area contributed by atoms with Crippen LogP contribution in [-0.2, 0) is 6.42 Å². The Morgan fingerprint density at radius 2 is 2.13 bits per heavy atom. The Hall–Kier alpha value is -2.40. The lowest BCUT2D eigenvalue weighted by molar-refractivity contribution is -0.385. The largest absolute Gasteiger partial charge is 0.273 e. The van der Waals surface area contributed by atoms with Gasteiger partial charge in [-0.1, -0.05) is 0 Å². The minimum Gasteiger partial charge on any atom is -0.258 e. The number of nitrogens with zero attached hydrogens (tertiary/aromatic N) is 3. The van der Waals surface area contributed by atoms with Gasteiger partial charge in [-0.25, -0.2) is 0 Å². The molecule has 0 fully saturated rings. The summed E-state index contributed by atoms with van der Waals surface area (Å²) in [6, 6.07) is 6.49. The highest BCUT2D eigenvalue weighted by Crippen LogP contribution is 2.22. The van der Waals surface area contributed by atoms with Crippen molar-refractivity contribution >= 4 is 5.69 Å². The van der Waals surface area contributed by atoms with Gasteiger partial charge in [-0.05, 0) is 18.6 Å². The molecule has 1 rings (SSSR count). The van der Waals surface area contributed by atoms with Gasteiger partial charge in [0.15, 0.2) is 0 Å². The molecule has 0 amide bonds. The molecule has 0 radical (unpaired) electrons. The average molecular weight is 201 g/mol. The van der Waals surface area contributed by atoms with Crippen LogP contribution in [0.1, 0.15) is 16.7 Å². The third-order valence-corrected chi connectivity index (χ3v) is 2.01. The van der Waals surface area contributed by atoms with E-state index in [2.05, 4.69) is 0 Å². The summed E-state index contributed by atoms with van der Waals surface area (Å²) in [7, 11) is 0. The predicted molar refractivity (Wildman–Crippen MR) is 51.9 cm³/mol. The van der Waals surface area contributed by atoms with Gasteiger partial charge in [0, 0.05) is 11.6 Å². The molecule has 0 aliphatic heterocycles. The van der Waals surface area contributed by atoms with Crippen LogP contribution in [0.15, 0.2) is 12.1 Å². The van der Waals surface area contributed by atoms with Crippen molar-refractivity contribution in [2.75, 3.05) is 0 Å². The summed E-state index contributed by atoms with van der Waals surface area (Å²) in [5.41, 5.74) is 1.09. The molecular weight excluding hydrogens is 194 g/mol. The molecule has 0 aliphatic carbocycles. The zero-order valence-corrected chi connectivity index (χ0v) is 8.02. The number of nitro groups is 1. The van der Waals surface area contributed by atoms with Crippen molar-refractivity contribution in [3.8, 4) is 12.1 Å². The molecule has 0 aromatic heterocycles. The van der Waals surface area contributed by atoms with Gasteiger partial charge in [0.05, 0.1) is 29.0 Å². The summed E-state index contributed by atoms with van der Waals surface area (Å²) < 4.78 is 0. The van der Waals surface area contributed by atoms with Crippen molar-refractivity contribution in [2.45, 2.75) is 13.3 Å². The van der Waals surface area contributed by atoms with Crippen molar-refractivity contribution in [2.24, 2.45) is 0 Å². The molecule has 5 heteroatoms. The highest BCUT2D eigenvalue weighted by atomic mass is 16.6. The summed E-state index contributed by atoms with van der Waals surface area (Å²) in [4.78, 5) is 10.1. The molecule has 0 saturated heterocycles. The van der Waals surface area contributed by atoms with Crippen molar-refractivity contribution < 1.29 is 4.92 Å². The second-order valence-electron chi connectivity index (χ2n) is 3.00. The normalized spacial score (nSPS) is 9.00. The number of nitro benzene ring substituents is 1. The molecule has 0 aliphatic rings. The highest BCUT2D eigenvalue weighted by molar-refractivity contribution is 5.51. The molecule has 0 N–H and O–H groups in total. The van der Waals surface area contributed by atoms with Crippen LogP contribution in [0.2, 0.25) is 0 Å². The van der Waals surface area contributed by atoms with E-state index in [1.165, 1.54) is 12.1 Å². The van der Waals surface area contributed by atoms with Crippen LogP contribution < -0.4 is 0 Å². The smallest absolute Gasteiger partial charge is 0.258 e. The number of hydrogen-bond donors (Lipinski definition) is 0. The van der Waals surface area contributed by atoms with Crippen molar-refractivity contribution in [1.29, 1.82) is 10.5 Å². The van der Waals surface area contributed by atoms with Gasteiger partial charge in [0.2, 0.25) is 0 Å². The van der Waals surface area contributed by atoms with Crippen LogP contribution in [0, 0.1) is 39.7 Å². The fourth-order valence-corrected chi connectivity index (χ4v) is 1.29. The number of nitriles is 2. The quantitative estimate of drug-likeness (QED) is 0.539. The number of benzene rings is 1. The van der Waals surface area contributed by atoms with Crippen molar-refractivity contribution in [3.05, 3.63) is 38.9 Å². The van der Waals surface area contributed by atoms with Crippen molar-refractivity contribution in [1.82, 2.24) is 0 Å².